The third kappa shape index (κ3) is 17.7. The number of unbranched alkanes of at least 4 members (excludes halogenated alkanes) is 3. The molecule has 0 rings (SSSR count). The summed E-state index contributed by atoms with van der Waals surface area (Å²) in [6.45, 7) is 6.26. The highest BCUT2D eigenvalue weighted by Gasteiger charge is 1.80. The Morgan fingerprint density at radius 1 is 1.00 bits per heavy atom. The van der Waals surface area contributed by atoms with Crippen LogP contribution in [0.5, 0.6) is 0 Å². The Kier molecular flexibility index (Phi) is 21.5. The third-order valence-electron chi connectivity index (χ3n) is 1.21. The van der Waals surface area contributed by atoms with E-state index in [4.69, 9.17) is 0 Å². The van der Waals surface area contributed by atoms with Crippen molar-refractivity contribution in [3.05, 3.63) is 0 Å². The molecule has 0 nitrogen and oxygen atoms in total. The molecule has 0 aliphatic heterocycles. The van der Waals surface area contributed by atoms with E-state index in [2.05, 4.69) is 6.92 Å². The smallest absolute Gasteiger partial charge is 0.101 e. The first-order valence-electron chi connectivity index (χ1n) is 4.41. The molecule has 1 heteroatoms. The normalized spacial score (nSPS) is 7.89. The predicted octanol–water partition coefficient (Wildman–Crippen LogP) is 2.64. The van der Waals surface area contributed by atoms with Crippen LogP contribution in [-0.2, 0) is 0 Å². The fraction of sp³-hybridized carbons (Fsp3) is 1.00. The van der Waals surface area contributed by atoms with E-state index in [-0.39, 0.29) is 0 Å². The Bertz CT molecular complexity index is 23.7. The molecule has 0 aliphatic rings. The van der Waals surface area contributed by atoms with Gasteiger partial charge in [-0.3, -0.25) is 0 Å². The van der Waals surface area contributed by atoms with Gasteiger partial charge < -0.3 is 0 Å². The molecule has 0 aromatic heterocycles. The molecule has 0 radical (unpaired) electrons. The van der Waals surface area contributed by atoms with Crippen molar-refractivity contribution in [3.63, 3.8) is 0 Å². The molecule has 0 fully saturated rings. The van der Waals surface area contributed by atoms with Gasteiger partial charge in [0.1, 0.15) is 0 Å². The molecular weight excluding hydrogens is 123 g/mol. The maximum atomic E-state index is 2.26. The van der Waals surface area contributed by atoms with Crippen LogP contribution < -0.4 is 0 Å². The molecule has 0 atom stereocenters. The molecular formula is C8H21Al. The maximum absolute atomic E-state index is 2.26. The van der Waals surface area contributed by atoms with Gasteiger partial charge in [0.2, 0.25) is 16.3 Å². The lowest BCUT2D eigenvalue weighted by Crippen LogP contribution is -1.72. The number of hydrogen-bond acceptors (Lipinski definition) is 0. The monoisotopic (exact) mass is 144 g/mol. The average Bonchev–Trinajstić information content (AvgIpc) is 1.94. The van der Waals surface area contributed by atoms with Crippen LogP contribution in [0.25, 0.3) is 0 Å². The SMILES string of the molecule is CC.CCCCC[CH2][AlH2]. The minimum absolute atomic E-state index is 1.38. The van der Waals surface area contributed by atoms with Crippen LogP contribution in [0.4, 0.5) is 0 Å². The second-order valence-corrected chi connectivity index (χ2v) is 3.06. The topological polar surface area (TPSA) is 0 Å². The summed E-state index contributed by atoms with van der Waals surface area (Å²) in [6.07, 6.45) is 5.78. The van der Waals surface area contributed by atoms with Crippen molar-refractivity contribution in [1.29, 1.82) is 0 Å². The van der Waals surface area contributed by atoms with Crippen LogP contribution >= 0.6 is 0 Å². The van der Waals surface area contributed by atoms with Gasteiger partial charge in [-0.25, -0.2) is 0 Å². The summed E-state index contributed by atoms with van der Waals surface area (Å²) in [7, 11) is 0. The van der Waals surface area contributed by atoms with E-state index in [0.717, 1.165) is 0 Å². The first-order chi connectivity index (χ1) is 4.41. The molecule has 0 N–H and O–H groups in total. The molecule has 0 saturated carbocycles. The van der Waals surface area contributed by atoms with Crippen LogP contribution in [-0.4, -0.2) is 16.3 Å². The van der Waals surface area contributed by atoms with E-state index >= 15 is 0 Å². The van der Waals surface area contributed by atoms with Gasteiger partial charge in [-0.15, -0.1) is 5.28 Å². The van der Waals surface area contributed by atoms with Crippen molar-refractivity contribution in [2.24, 2.45) is 0 Å². The number of hydrogen-bond donors (Lipinski definition) is 0. The van der Waals surface area contributed by atoms with E-state index in [1.165, 1.54) is 47.3 Å². The van der Waals surface area contributed by atoms with E-state index in [0.29, 0.717) is 0 Å². The Hall–Kier alpha value is 0.532. The lowest BCUT2D eigenvalue weighted by Gasteiger charge is -1.90. The summed E-state index contributed by atoms with van der Waals surface area (Å²) in [5.74, 6) is 0. The minimum Gasteiger partial charge on any atom is -0.101 e. The Morgan fingerprint density at radius 2 is 1.56 bits per heavy atom. The Morgan fingerprint density at radius 3 is 1.89 bits per heavy atom. The predicted molar refractivity (Wildman–Crippen MR) is 48.8 cm³/mol. The van der Waals surface area contributed by atoms with Gasteiger partial charge in [0.05, 0.1) is 0 Å². The van der Waals surface area contributed by atoms with Crippen LogP contribution in [0.1, 0.15) is 46.5 Å². The van der Waals surface area contributed by atoms with E-state index in [1.54, 1.807) is 0 Å². The zero-order valence-corrected chi connectivity index (χ0v) is 9.54. The second-order valence-electron chi connectivity index (χ2n) is 2.06. The fourth-order valence-corrected chi connectivity index (χ4v) is 1.18. The van der Waals surface area contributed by atoms with Crippen molar-refractivity contribution >= 4 is 16.3 Å². The van der Waals surface area contributed by atoms with Crippen molar-refractivity contribution in [1.82, 2.24) is 0 Å². The van der Waals surface area contributed by atoms with Crippen LogP contribution in [0.2, 0.25) is 5.28 Å². The summed E-state index contributed by atoms with van der Waals surface area (Å²) in [6, 6.07) is 0. The molecule has 9 heavy (non-hydrogen) atoms. The molecule has 0 saturated heterocycles. The van der Waals surface area contributed by atoms with E-state index in [1.807, 2.05) is 13.8 Å². The average molecular weight is 144 g/mol. The Balaban J connectivity index is 0. The van der Waals surface area contributed by atoms with Crippen LogP contribution in [0.3, 0.4) is 0 Å². The van der Waals surface area contributed by atoms with Crippen LogP contribution in [0, 0.1) is 0 Å². The van der Waals surface area contributed by atoms with Crippen molar-refractivity contribution in [2.75, 3.05) is 0 Å². The van der Waals surface area contributed by atoms with Gasteiger partial charge in [-0.05, 0) is 0 Å². The van der Waals surface area contributed by atoms with E-state index < -0.39 is 0 Å². The zero-order chi connectivity index (χ0) is 7.54. The lowest BCUT2D eigenvalue weighted by molar-refractivity contribution is 0.701. The number of rotatable bonds is 4. The van der Waals surface area contributed by atoms with Crippen LogP contribution in [0.15, 0.2) is 0 Å². The molecule has 0 spiro atoms. The summed E-state index contributed by atoms with van der Waals surface area (Å²) < 4.78 is 0. The molecule has 0 heterocycles. The first kappa shape index (κ1) is 12.2. The quantitative estimate of drug-likeness (QED) is 0.420. The van der Waals surface area contributed by atoms with E-state index in [9.17, 15) is 0 Å². The molecule has 0 aliphatic carbocycles. The van der Waals surface area contributed by atoms with Gasteiger partial charge in [-0.1, -0.05) is 46.5 Å². The van der Waals surface area contributed by atoms with Crippen molar-refractivity contribution < 1.29 is 0 Å². The summed E-state index contributed by atoms with van der Waals surface area (Å²) in [5.41, 5.74) is 0. The van der Waals surface area contributed by atoms with Gasteiger partial charge in [0.15, 0.2) is 0 Å². The first-order valence-corrected chi connectivity index (χ1v) is 5.83. The van der Waals surface area contributed by atoms with Crippen molar-refractivity contribution in [2.45, 2.75) is 51.7 Å². The second kappa shape index (κ2) is 15.8. The highest BCUT2D eigenvalue weighted by atomic mass is 27.0. The third-order valence-corrected chi connectivity index (χ3v) is 1.91. The molecule has 0 aromatic rings. The molecule has 0 aromatic carbocycles. The largest absolute Gasteiger partial charge is 0.211 e. The highest BCUT2D eigenvalue weighted by Crippen LogP contribution is 1.99. The molecule has 0 bridgehead atoms. The van der Waals surface area contributed by atoms with Gasteiger partial charge in [0, 0.05) is 0 Å². The maximum Gasteiger partial charge on any atom is 0.211 e. The minimum atomic E-state index is 1.38. The summed E-state index contributed by atoms with van der Waals surface area (Å²) in [5, 5.41) is 1.50. The molecule has 56 valence electrons. The van der Waals surface area contributed by atoms with Crippen molar-refractivity contribution in [3.8, 4) is 0 Å². The molecule has 0 unspecified atom stereocenters. The van der Waals surface area contributed by atoms with Gasteiger partial charge >= 0.3 is 0 Å². The van der Waals surface area contributed by atoms with Gasteiger partial charge in [0.25, 0.3) is 0 Å². The Labute approximate surface area is 68.5 Å². The highest BCUT2D eigenvalue weighted by molar-refractivity contribution is 6.08. The standard InChI is InChI=1S/C6H13.C2H6.Al.2H/c1-3-5-6-4-2;1-2;;;/h1,3-6H2,2H3;1-2H3;;;. The fourth-order valence-electron chi connectivity index (χ4n) is 0.677. The molecule has 0 amide bonds. The zero-order valence-electron chi connectivity index (χ0n) is 7.54. The summed E-state index contributed by atoms with van der Waals surface area (Å²) >= 11 is 1.41. The lowest BCUT2D eigenvalue weighted by atomic mass is 10.2. The van der Waals surface area contributed by atoms with Gasteiger partial charge in [-0.2, -0.15) is 0 Å². The summed E-state index contributed by atoms with van der Waals surface area (Å²) in [4.78, 5) is 0.